The number of carbonyl (C=O) groups is 1. The Morgan fingerprint density at radius 3 is 2.79 bits per heavy atom. The van der Waals surface area contributed by atoms with E-state index in [-0.39, 0.29) is 11.4 Å². The second-order valence-electron chi connectivity index (χ2n) is 4.11. The molecule has 7 nitrogen and oxygen atoms in total. The lowest BCUT2D eigenvalue weighted by molar-refractivity contribution is 0.0696. The van der Waals surface area contributed by atoms with Crippen molar-refractivity contribution in [1.29, 1.82) is 0 Å². The molecule has 0 aliphatic rings. The number of nitrogens with zero attached hydrogens (tertiary/aromatic N) is 4. The topological polar surface area (TPSA) is 92.7 Å². The Morgan fingerprint density at radius 2 is 2.16 bits per heavy atom. The SMILES string of the molecule is Cn1ncc(-c2cc(C(=O)O)cn3ccnc23)c1O. The number of aromatic hydroxyl groups is 1. The fourth-order valence-electron chi connectivity index (χ4n) is 1.97. The van der Waals surface area contributed by atoms with Crippen LogP contribution >= 0.6 is 0 Å². The Kier molecular flexibility index (Phi) is 2.28. The molecule has 3 aromatic heterocycles. The average Bonchev–Trinajstić information content (AvgIpc) is 2.97. The smallest absolute Gasteiger partial charge is 0.337 e. The number of imidazole rings is 1. The first-order valence-electron chi connectivity index (χ1n) is 5.49. The maximum absolute atomic E-state index is 11.1. The lowest BCUT2D eigenvalue weighted by Crippen LogP contribution is -2.00. The van der Waals surface area contributed by atoms with Crippen LogP contribution in [0.2, 0.25) is 0 Å². The summed E-state index contributed by atoms with van der Waals surface area (Å²) in [5.41, 5.74) is 1.65. The normalized spacial score (nSPS) is 11.0. The van der Waals surface area contributed by atoms with Gasteiger partial charge in [-0.3, -0.25) is 0 Å². The molecule has 0 aliphatic carbocycles. The van der Waals surface area contributed by atoms with Crippen LogP contribution in [0.5, 0.6) is 5.88 Å². The van der Waals surface area contributed by atoms with Crippen molar-refractivity contribution in [2.24, 2.45) is 7.05 Å². The van der Waals surface area contributed by atoms with Crippen LogP contribution in [-0.2, 0) is 7.05 Å². The number of hydrogen-bond donors (Lipinski definition) is 2. The highest BCUT2D eigenvalue weighted by atomic mass is 16.4. The zero-order valence-corrected chi connectivity index (χ0v) is 9.98. The molecule has 3 rings (SSSR count). The molecule has 19 heavy (non-hydrogen) atoms. The van der Waals surface area contributed by atoms with Crippen LogP contribution in [0.15, 0.2) is 30.9 Å². The quantitative estimate of drug-likeness (QED) is 0.719. The van der Waals surface area contributed by atoms with E-state index in [4.69, 9.17) is 5.11 Å². The molecule has 7 heteroatoms. The second-order valence-corrected chi connectivity index (χ2v) is 4.11. The van der Waals surface area contributed by atoms with Crippen LogP contribution in [0.4, 0.5) is 0 Å². The number of aromatic carboxylic acids is 1. The van der Waals surface area contributed by atoms with Gasteiger partial charge in [-0.15, -0.1) is 0 Å². The van der Waals surface area contributed by atoms with E-state index in [1.807, 2.05) is 0 Å². The Morgan fingerprint density at radius 1 is 1.37 bits per heavy atom. The van der Waals surface area contributed by atoms with Gasteiger partial charge in [0.1, 0.15) is 5.65 Å². The third-order valence-corrected chi connectivity index (χ3v) is 2.93. The van der Waals surface area contributed by atoms with Gasteiger partial charge in [0.15, 0.2) is 0 Å². The van der Waals surface area contributed by atoms with E-state index in [1.165, 1.54) is 23.1 Å². The summed E-state index contributed by atoms with van der Waals surface area (Å²) in [6.07, 6.45) is 6.17. The fraction of sp³-hybridized carbons (Fsp3) is 0.0833. The summed E-state index contributed by atoms with van der Waals surface area (Å²) in [5.74, 6) is -1.08. The highest BCUT2D eigenvalue weighted by molar-refractivity contribution is 5.92. The summed E-state index contributed by atoms with van der Waals surface area (Å²) in [7, 11) is 1.60. The van der Waals surface area contributed by atoms with Gasteiger partial charge in [0.05, 0.1) is 17.3 Å². The molecule has 0 aliphatic heterocycles. The number of fused-ring (bicyclic) bond motifs is 1. The van der Waals surface area contributed by atoms with Crippen molar-refractivity contribution in [2.45, 2.75) is 0 Å². The molecule has 0 bridgehead atoms. The first-order chi connectivity index (χ1) is 9.08. The van der Waals surface area contributed by atoms with E-state index in [2.05, 4.69) is 10.1 Å². The van der Waals surface area contributed by atoms with E-state index in [1.54, 1.807) is 23.8 Å². The zero-order valence-electron chi connectivity index (χ0n) is 9.98. The molecule has 96 valence electrons. The number of pyridine rings is 1. The second kappa shape index (κ2) is 3.84. The number of aromatic nitrogens is 4. The van der Waals surface area contributed by atoms with Gasteiger partial charge in [0.25, 0.3) is 0 Å². The van der Waals surface area contributed by atoms with Crippen LogP contribution in [0.25, 0.3) is 16.8 Å². The van der Waals surface area contributed by atoms with Crippen LogP contribution in [0.1, 0.15) is 10.4 Å². The fourth-order valence-corrected chi connectivity index (χ4v) is 1.97. The summed E-state index contributed by atoms with van der Waals surface area (Å²) in [6, 6.07) is 1.47. The third kappa shape index (κ3) is 1.63. The van der Waals surface area contributed by atoms with E-state index in [9.17, 15) is 9.90 Å². The molecule has 0 aromatic carbocycles. The molecular weight excluding hydrogens is 248 g/mol. The highest BCUT2D eigenvalue weighted by Crippen LogP contribution is 2.31. The molecular formula is C12H10N4O3. The first-order valence-corrected chi connectivity index (χ1v) is 5.49. The lowest BCUT2D eigenvalue weighted by atomic mass is 10.1. The lowest BCUT2D eigenvalue weighted by Gasteiger charge is -2.05. The predicted molar refractivity (Wildman–Crippen MR) is 66.0 cm³/mol. The molecule has 3 aromatic rings. The van der Waals surface area contributed by atoms with Crippen LogP contribution in [0.3, 0.4) is 0 Å². The van der Waals surface area contributed by atoms with E-state index >= 15 is 0 Å². The van der Waals surface area contributed by atoms with E-state index < -0.39 is 5.97 Å². The maximum Gasteiger partial charge on any atom is 0.337 e. The van der Waals surface area contributed by atoms with Crippen molar-refractivity contribution >= 4 is 11.6 Å². The molecule has 0 amide bonds. The minimum absolute atomic E-state index is 0.0348. The predicted octanol–water partition coefficient (Wildman–Crippen LogP) is 1.14. The first kappa shape index (κ1) is 11.3. The van der Waals surface area contributed by atoms with Crippen molar-refractivity contribution in [3.63, 3.8) is 0 Å². The summed E-state index contributed by atoms with van der Waals surface area (Å²) < 4.78 is 2.91. The Balaban J connectivity index is 2.35. The van der Waals surface area contributed by atoms with Gasteiger partial charge < -0.3 is 14.6 Å². The Bertz CT molecular complexity index is 787. The average molecular weight is 258 g/mol. The summed E-state index contributed by atoms with van der Waals surface area (Å²) >= 11 is 0. The largest absolute Gasteiger partial charge is 0.493 e. The van der Waals surface area contributed by atoms with Gasteiger partial charge in [0.2, 0.25) is 5.88 Å². The van der Waals surface area contributed by atoms with Gasteiger partial charge in [-0.05, 0) is 6.07 Å². The molecule has 0 radical (unpaired) electrons. The summed E-state index contributed by atoms with van der Waals surface area (Å²) in [5, 5.41) is 23.0. The summed E-state index contributed by atoms with van der Waals surface area (Å²) in [6.45, 7) is 0. The molecule has 3 heterocycles. The highest BCUT2D eigenvalue weighted by Gasteiger charge is 2.16. The summed E-state index contributed by atoms with van der Waals surface area (Å²) in [4.78, 5) is 15.3. The Labute approximate surface area is 107 Å². The van der Waals surface area contributed by atoms with Gasteiger partial charge in [-0.25, -0.2) is 14.5 Å². The zero-order chi connectivity index (χ0) is 13.6. The molecule has 0 fully saturated rings. The van der Waals surface area contributed by atoms with Gasteiger partial charge in [-0.1, -0.05) is 0 Å². The van der Waals surface area contributed by atoms with Crippen LogP contribution in [-0.4, -0.2) is 35.3 Å². The van der Waals surface area contributed by atoms with E-state index in [0.717, 1.165) is 0 Å². The van der Waals surface area contributed by atoms with Crippen molar-refractivity contribution < 1.29 is 15.0 Å². The van der Waals surface area contributed by atoms with E-state index in [0.29, 0.717) is 16.8 Å². The molecule has 0 unspecified atom stereocenters. The van der Waals surface area contributed by atoms with Crippen molar-refractivity contribution in [3.05, 3.63) is 36.4 Å². The number of carboxylic acid groups (broad SMARTS) is 1. The monoisotopic (exact) mass is 258 g/mol. The van der Waals surface area contributed by atoms with Crippen LogP contribution < -0.4 is 0 Å². The van der Waals surface area contributed by atoms with Crippen molar-refractivity contribution in [3.8, 4) is 17.0 Å². The number of hydrogen-bond acceptors (Lipinski definition) is 4. The number of rotatable bonds is 2. The Hall–Kier alpha value is -2.83. The maximum atomic E-state index is 11.1. The standard InChI is InChI=1S/C12H10N4O3/c1-15-11(17)9(5-14-15)8-4-7(12(18)19)6-16-3-2-13-10(8)16/h2-6,17H,1H3,(H,18,19). The van der Waals surface area contributed by atoms with Gasteiger partial charge in [0, 0.05) is 31.2 Å². The molecule has 0 atom stereocenters. The van der Waals surface area contributed by atoms with Crippen molar-refractivity contribution in [1.82, 2.24) is 19.2 Å². The number of carboxylic acids is 1. The molecule has 2 N–H and O–H groups in total. The third-order valence-electron chi connectivity index (χ3n) is 2.93. The number of aryl methyl sites for hydroxylation is 1. The molecule has 0 saturated heterocycles. The van der Waals surface area contributed by atoms with Crippen LogP contribution in [0, 0.1) is 0 Å². The molecule has 0 spiro atoms. The minimum Gasteiger partial charge on any atom is -0.493 e. The van der Waals surface area contributed by atoms with Crippen molar-refractivity contribution in [2.75, 3.05) is 0 Å². The molecule has 0 saturated carbocycles. The minimum atomic E-state index is -1.04. The van der Waals surface area contributed by atoms with Gasteiger partial charge >= 0.3 is 5.97 Å². The van der Waals surface area contributed by atoms with Gasteiger partial charge in [-0.2, -0.15) is 5.10 Å².